The van der Waals surface area contributed by atoms with Crippen LogP contribution in [0.15, 0.2) is 48.8 Å². The highest BCUT2D eigenvalue weighted by Gasteiger charge is 2.17. The van der Waals surface area contributed by atoms with E-state index in [0.29, 0.717) is 13.2 Å². The summed E-state index contributed by atoms with van der Waals surface area (Å²) in [5.41, 5.74) is 3.57. The second-order valence-corrected chi connectivity index (χ2v) is 4.52. The van der Waals surface area contributed by atoms with Crippen LogP contribution in [-0.2, 0) is 9.47 Å². The second-order valence-electron chi connectivity index (χ2n) is 4.52. The molecule has 21 heavy (non-hydrogen) atoms. The summed E-state index contributed by atoms with van der Waals surface area (Å²) in [7, 11) is 0. The quantitative estimate of drug-likeness (QED) is 0.776. The van der Waals surface area contributed by atoms with Crippen LogP contribution in [0.5, 0.6) is 0 Å². The molecule has 1 aromatic heterocycles. The van der Waals surface area contributed by atoms with Crippen molar-refractivity contribution in [2.24, 2.45) is 0 Å². The maximum absolute atomic E-state index is 5.37. The molecule has 1 fully saturated rings. The van der Waals surface area contributed by atoms with Crippen LogP contribution in [0.1, 0.15) is 36.8 Å². The van der Waals surface area contributed by atoms with Gasteiger partial charge in [-0.3, -0.25) is 4.98 Å². The van der Waals surface area contributed by atoms with Gasteiger partial charge in [0.25, 0.3) is 0 Å². The average molecular weight is 287 g/mol. The van der Waals surface area contributed by atoms with E-state index in [1.807, 2.05) is 51.2 Å². The maximum Gasteiger partial charge on any atom is 0.184 e. The number of aromatic nitrogens is 1. The van der Waals surface area contributed by atoms with Gasteiger partial charge in [0.1, 0.15) is 0 Å². The molecule has 3 rings (SSSR count). The fourth-order valence-electron chi connectivity index (χ4n) is 1.82. The molecule has 1 aliphatic rings. The van der Waals surface area contributed by atoms with Crippen molar-refractivity contribution in [1.82, 2.24) is 4.98 Å². The number of hydrogen-bond acceptors (Lipinski definition) is 3. The molecular formula is C18H25NO2. The minimum atomic E-state index is -0.134. The molecule has 0 radical (unpaired) electrons. The first kappa shape index (κ1) is 17.3. The molecule has 1 aliphatic heterocycles. The summed E-state index contributed by atoms with van der Waals surface area (Å²) in [6, 6.07) is 12.2. The Kier molecular flexibility index (Phi) is 8.32. The lowest BCUT2D eigenvalue weighted by Crippen LogP contribution is -1.97. The standard InChI is InChI=1S/C10H12O2.C6H7N.C2H6/c1-8-3-2-4-9(7-8)10-11-5-6-12-10;1-6-3-2-4-7-5-6;1-2/h2-4,7,10H,5-6H2,1H3;2-5H,1H3;1-2H3. The first-order valence-electron chi connectivity index (χ1n) is 7.42. The van der Waals surface area contributed by atoms with Crippen LogP contribution < -0.4 is 0 Å². The van der Waals surface area contributed by atoms with Crippen LogP contribution in [0.4, 0.5) is 0 Å². The third-order valence-electron chi connectivity index (χ3n) is 2.75. The molecule has 114 valence electrons. The minimum Gasteiger partial charge on any atom is -0.346 e. The molecule has 3 nitrogen and oxygen atoms in total. The van der Waals surface area contributed by atoms with Gasteiger partial charge in [0.2, 0.25) is 0 Å². The second kappa shape index (κ2) is 10.1. The van der Waals surface area contributed by atoms with Gasteiger partial charge >= 0.3 is 0 Å². The number of aryl methyl sites for hydroxylation is 2. The largest absolute Gasteiger partial charge is 0.346 e. The van der Waals surface area contributed by atoms with Gasteiger partial charge in [-0.1, -0.05) is 49.7 Å². The van der Waals surface area contributed by atoms with Crippen LogP contribution in [-0.4, -0.2) is 18.2 Å². The van der Waals surface area contributed by atoms with E-state index in [-0.39, 0.29) is 6.29 Å². The van der Waals surface area contributed by atoms with E-state index in [2.05, 4.69) is 24.0 Å². The Bertz CT molecular complexity index is 494. The lowest BCUT2D eigenvalue weighted by Gasteiger charge is -2.09. The van der Waals surface area contributed by atoms with Crippen LogP contribution in [0.25, 0.3) is 0 Å². The van der Waals surface area contributed by atoms with Gasteiger partial charge in [-0.05, 0) is 25.5 Å². The Labute approximate surface area is 127 Å². The highest BCUT2D eigenvalue weighted by atomic mass is 16.7. The predicted octanol–water partition coefficient (Wildman–Crippen LogP) is 4.46. The summed E-state index contributed by atoms with van der Waals surface area (Å²) in [6.45, 7) is 9.50. The van der Waals surface area contributed by atoms with E-state index >= 15 is 0 Å². The predicted molar refractivity (Wildman–Crippen MR) is 86.1 cm³/mol. The first-order chi connectivity index (χ1) is 10.3. The van der Waals surface area contributed by atoms with Crippen LogP contribution in [0, 0.1) is 13.8 Å². The number of hydrogen-bond donors (Lipinski definition) is 0. The third-order valence-corrected chi connectivity index (χ3v) is 2.75. The van der Waals surface area contributed by atoms with E-state index < -0.39 is 0 Å². The SMILES string of the molecule is CC.Cc1cccc(C2OCCO2)c1.Cc1cccnc1. The highest BCUT2D eigenvalue weighted by molar-refractivity contribution is 5.23. The Morgan fingerprint density at radius 1 is 0.952 bits per heavy atom. The summed E-state index contributed by atoms with van der Waals surface area (Å²) in [4.78, 5) is 3.88. The molecule has 1 saturated heterocycles. The number of pyridine rings is 1. The summed E-state index contributed by atoms with van der Waals surface area (Å²) in [5, 5.41) is 0. The fourth-order valence-corrected chi connectivity index (χ4v) is 1.82. The number of ether oxygens (including phenoxy) is 2. The van der Waals surface area contributed by atoms with Gasteiger partial charge < -0.3 is 9.47 Å². The zero-order valence-corrected chi connectivity index (χ0v) is 13.4. The van der Waals surface area contributed by atoms with E-state index in [0.717, 1.165) is 5.56 Å². The van der Waals surface area contributed by atoms with Crippen LogP contribution in [0.3, 0.4) is 0 Å². The molecule has 3 heteroatoms. The van der Waals surface area contributed by atoms with Crippen molar-refractivity contribution in [3.63, 3.8) is 0 Å². The third kappa shape index (κ3) is 6.52. The van der Waals surface area contributed by atoms with Crippen molar-refractivity contribution in [1.29, 1.82) is 0 Å². The zero-order valence-electron chi connectivity index (χ0n) is 13.4. The van der Waals surface area contributed by atoms with E-state index in [1.54, 1.807) is 6.20 Å². The molecule has 0 saturated carbocycles. The van der Waals surface area contributed by atoms with Crippen molar-refractivity contribution >= 4 is 0 Å². The summed E-state index contributed by atoms with van der Waals surface area (Å²) in [6.07, 6.45) is 3.47. The van der Waals surface area contributed by atoms with Gasteiger partial charge in [-0.25, -0.2) is 0 Å². The van der Waals surface area contributed by atoms with Crippen molar-refractivity contribution in [2.75, 3.05) is 13.2 Å². The molecule has 0 unspecified atom stereocenters. The lowest BCUT2D eigenvalue weighted by molar-refractivity contribution is -0.0441. The zero-order chi connectivity index (χ0) is 15.5. The number of benzene rings is 1. The van der Waals surface area contributed by atoms with Gasteiger partial charge in [-0.2, -0.15) is 0 Å². The van der Waals surface area contributed by atoms with Crippen molar-refractivity contribution < 1.29 is 9.47 Å². The number of rotatable bonds is 1. The topological polar surface area (TPSA) is 31.4 Å². The molecule has 0 N–H and O–H groups in total. The minimum absolute atomic E-state index is 0.134. The van der Waals surface area contributed by atoms with Crippen molar-refractivity contribution in [3.05, 3.63) is 65.5 Å². The van der Waals surface area contributed by atoms with E-state index in [1.165, 1.54) is 11.1 Å². The Morgan fingerprint density at radius 2 is 1.62 bits per heavy atom. The van der Waals surface area contributed by atoms with Crippen LogP contribution in [0.2, 0.25) is 0 Å². The summed E-state index contributed by atoms with van der Waals surface area (Å²) >= 11 is 0. The fraction of sp³-hybridized carbons (Fsp3) is 0.389. The first-order valence-corrected chi connectivity index (χ1v) is 7.42. The normalized spacial score (nSPS) is 13.7. The highest BCUT2D eigenvalue weighted by Crippen LogP contribution is 2.23. The van der Waals surface area contributed by atoms with E-state index in [4.69, 9.17) is 9.47 Å². The van der Waals surface area contributed by atoms with Crippen LogP contribution >= 0.6 is 0 Å². The summed E-state index contributed by atoms with van der Waals surface area (Å²) < 4.78 is 10.7. The molecule has 0 atom stereocenters. The van der Waals surface area contributed by atoms with Gasteiger partial charge in [0, 0.05) is 18.0 Å². The molecule has 1 aromatic carbocycles. The molecule has 0 bridgehead atoms. The summed E-state index contributed by atoms with van der Waals surface area (Å²) in [5.74, 6) is 0. The molecular weight excluding hydrogens is 262 g/mol. The number of nitrogens with zero attached hydrogens (tertiary/aromatic N) is 1. The van der Waals surface area contributed by atoms with Crippen molar-refractivity contribution in [2.45, 2.75) is 34.0 Å². The maximum atomic E-state index is 5.37. The lowest BCUT2D eigenvalue weighted by atomic mass is 10.1. The Balaban J connectivity index is 0.000000210. The molecule has 0 spiro atoms. The smallest absolute Gasteiger partial charge is 0.184 e. The molecule has 2 heterocycles. The van der Waals surface area contributed by atoms with E-state index in [9.17, 15) is 0 Å². The Morgan fingerprint density at radius 3 is 2.10 bits per heavy atom. The van der Waals surface area contributed by atoms with Crippen molar-refractivity contribution in [3.8, 4) is 0 Å². The van der Waals surface area contributed by atoms with Gasteiger partial charge in [0.15, 0.2) is 6.29 Å². The molecule has 2 aromatic rings. The molecule has 0 amide bonds. The Hall–Kier alpha value is -1.71. The van der Waals surface area contributed by atoms with Gasteiger partial charge in [0.05, 0.1) is 13.2 Å². The van der Waals surface area contributed by atoms with Gasteiger partial charge in [-0.15, -0.1) is 0 Å². The molecule has 0 aliphatic carbocycles. The monoisotopic (exact) mass is 287 g/mol. The average Bonchev–Trinajstić information content (AvgIpc) is 3.05.